The first-order valence-electron chi connectivity index (χ1n) is 9.35. The lowest BCUT2D eigenvalue weighted by Gasteiger charge is -2.43. The van der Waals surface area contributed by atoms with Crippen LogP contribution in [0.4, 0.5) is 0 Å². The molecule has 2 unspecified atom stereocenters. The highest BCUT2D eigenvalue weighted by Crippen LogP contribution is 2.36. The van der Waals surface area contributed by atoms with E-state index in [4.69, 9.17) is 4.74 Å². The summed E-state index contributed by atoms with van der Waals surface area (Å²) < 4.78 is 5.58. The molecule has 0 radical (unpaired) electrons. The molecule has 3 aliphatic rings. The third kappa shape index (κ3) is 3.66. The van der Waals surface area contributed by atoms with E-state index >= 15 is 0 Å². The Morgan fingerprint density at radius 1 is 1.17 bits per heavy atom. The van der Waals surface area contributed by atoms with E-state index in [1.165, 1.54) is 38.8 Å². The molecule has 2 atom stereocenters. The van der Waals surface area contributed by atoms with Gasteiger partial charge in [0, 0.05) is 45.4 Å². The topological polar surface area (TPSA) is 40.1 Å². The van der Waals surface area contributed by atoms with E-state index in [1.807, 2.05) is 7.05 Å². The molecule has 2 aliphatic heterocycles. The van der Waals surface area contributed by atoms with Gasteiger partial charge in [0.1, 0.15) is 0 Å². The van der Waals surface area contributed by atoms with Crippen molar-refractivity contribution in [1.29, 1.82) is 0 Å². The fourth-order valence-electron chi connectivity index (χ4n) is 4.69. The van der Waals surface area contributed by atoms with Crippen molar-refractivity contribution in [3.8, 4) is 0 Å². The Morgan fingerprint density at radius 3 is 2.30 bits per heavy atom. The van der Waals surface area contributed by atoms with Gasteiger partial charge in [0.15, 0.2) is 5.96 Å². The average molecular weight is 322 g/mol. The van der Waals surface area contributed by atoms with Gasteiger partial charge >= 0.3 is 0 Å². The van der Waals surface area contributed by atoms with E-state index in [9.17, 15) is 0 Å². The average Bonchev–Trinajstić information content (AvgIpc) is 3.00. The maximum Gasteiger partial charge on any atom is 0.193 e. The van der Waals surface area contributed by atoms with Crippen LogP contribution in [0.5, 0.6) is 0 Å². The summed E-state index contributed by atoms with van der Waals surface area (Å²) in [5, 5.41) is 3.69. The number of aliphatic imine (C=N–C) groups is 1. The van der Waals surface area contributed by atoms with Crippen LogP contribution in [0.25, 0.3) is 0 Å². The molecule has 5 nitrogen and oxygen atoms in total. The molecule has 1 saturated carbocycles. The van der Waals surface area contributed by atoms with Crippen LogP contribution in [0.2, 0.25) is 0 Å². The van der Waals surface area contributed by atoms with Gasteiger partial charge in [-0.2, -0.15) is 0 Å². The number of nitrogens with one attached hydrogen (secondary N) is 1. The number of hydrogen-bond donors (Lipinski definition) is 1. The zero-order valence-electron chi connectivity index (χ0n) is 15.2. The highest BCUT2D eigenvalue weighted by molar-refractivity contribution is 5.80. The maximum absolute atomic E-state index is 5.58. The van der Waals surface area contributed by atoms with Gasteiger partial charge < -0.3 is 19.9 Å². The molecule has 23 heavy (non-hydrogen) atoms. The Morgan fingerprint density at radius 2 is 1.78 bits per heavy atom. The Hall–Kier alpha value is -0.810. The molecule has 0 aromatic carbocycles. The number of hydrogen-bond acceptors (Lipinski definition) is 3. The number of guanidine groups is 1. The zero-order valence-corrected chi connectivity index (χ0v) is 15.2. The summed E-state index contributed by atoms with van der Waals surface area (Å²) in [4.78, 5) is 9.46. The van der Waals surface area contributed by atoms with Crippen LogP contribution in [0.3, 0.4) is 0 Å². The standard InChI is InChI=1S/C18H34N4O/c1-19-17(22-12-15-6-4-5-7-16(15)13-22)20-14-18(21(2)3)8-10-23-11-9-18/h15-16H,4-14H2,1-3H3,(H,19,20). The van der Waals surface area contributed by atoms with Crippen LogP contribution < -0.4 is 5.32 Å². The van der Waals surface area contributed by atoms with Crippen LogP contribution in [0.1, 0.15) is 38.5 Å². The Balaban J connectivity index is 1.59. The summed E-state index contributed by atoms with van der Waals surface area (Å²) in [5.41, 5.74) is 0.195. The monoisotopic (exact) mass is 322 g/mol. The SMILES string of the molecule is CN=C(NCC1(N(C)C)CCOCC1)N1CC2CCCCC2C1. The first-order valence-corrected chi connectivity index (χ1v) is 9.35. The molecular weight excluding hydrogens is 288 g/mol. The highest BCUT2D eigenvalue weighted by Gasteiger charge is 2.38. The normalized spacial score (nSPS) is 31.3. The minimum absolute atomic E-state index is 0.195. The Kier molecular flexibility index (Phi) is 5.47. The molecular formula is C18H34N4O. The molecule has 0 spiro atoms. The quantitative estimate of drug-likeness (QED) is 0.635. The van der Waals surface area contributed by atoms with Crippen molar-refractivity contribution in [2.45, 2.75) is 44.1 Å². The molecule has 3 rings (SSSR count). The van der Waals surface area contributed by atoms with Crippen molar-refractivity contribution in [3.63, 3.8) is 0 Å². The fraction of sp³-hybridized carbons (Fsp3) is 0.944. The molecule has 0 amide bonds. The summed E-state index contributed by atoms with van der Waals surface area (Å²) in [7, 11) is 6.32. The second-order valence-electron chi connectivity index (χ2n) is 7.84. The van der Waals surface area contributed by atoms with Crippen LogP contribution >= 0.6 is 0 Å². The van der Waals surface area contributed by atoms with E-state index < -0.39 is 0 Å². The van der Waals surface area contributed by atoms with E-state index in [0.29, 0.717) is 0 Å². The summed E-state index contributed by atoms with van der Waals surface area (Å²) in [6.45, 7) is 5.09. The number of likely N-dealkylation sites (N-methyl/N-ethyl adjacent to an activating group) is 1. The van der Waals surface area contributed by atoms with Crippen molar-refractivity contribution in [2.75, 3.05) is 54.0 Å². The minimum atomic E-state index is 0.195. The first kappa shape index (κ1) is 17.0. The minimum Gasteiger partial charge on any atom is -0.381 e. The van der Waals surface area contributed by atoms with Crippen molar-refractivity contribution in [3.05, 3.63) is 0 Å². The predicted molar refractivity (Wildman–Crippen MR) is 94.9 cm³/mol. The molecule has 1 aliphatic carbocycles. The van der Waals surface area contributed by atoms with Gasteiger partial charge in [-0.05, 0) is 51.6 Å². The predicted octanol–water partition coefficient (Wildman–Crippen LogP) is 1.79. The van der Waals surface area contributed by atoms with Crippen molar-refractivity contribution in [2.24, 2.45) is 16.8 Å². The number of rotatable bonds is 3. The molecule has 0 bridgehead atoms. The first-order chi connectivity index (χ1) is 11.1. The van der Waals surface area contributed by atoms with Crippen LogP contribution in [0.15, 0.2) is 4.99 Å². The maximum atomic E-state index is 5.58. The van der Waals surface area contributed by atoms with Gasteiger partial charge in [0.05, 0.1) is 0 Å². The van der Waals surface area contributed by atoms with E-state index in [2.05, 4.69) is 34.2 Å². The lowest BCUT2D eigenvalue weighted by atomic mass is 9.82. The fourth-order valence-corrected chi connectivity index (χ4v) is 4.69. The van der Waals surface area contributed by atoms with Gasteiger partial charge in [-0.1, -0.05) is 12.8 Å². The summed E-state index contributed by atoms with van der Waals surface area (Å²) >= 11 is 0. The van der Waals surface area contributed by atoms with Gasteiger partial charge in [-0.15, -0.1) is 0 Å². The third-order valence-electron chi connectivity index (χ3n) is 6.44. The summed E-state index contributed by atoms with van der Waals surface area (Å²) in [6, 6.07) is 0. The van der Waals surface area contributed by atoms with E-state index in [-0.39, 0.29) is 5.54 Å². The molecule has 2 saturated heterocycles. The lowest BCUT2D eigenvalue weighted by molar-refractivity contribution is -0.00522. The Labute approximate surface area is 141 Å². The number of nitrogens with zero attached hydrogens (tertiary/aromatic N) is 3. The van der Waals surface area contributed by atoms with Gasteiger partial charge in [-0.3, -0.25) is 4.99 Å². The largest absolute Gasteiger partial charge is 0.381 e. The molecule has 1 N–H and O–H groups in total. The van der Waals surface area contributed by atoms with Crippen molar-refractivity contribution in [1.82, 2.24) is 15.1 Å². The molecule has 132 valence electrons. The third-order valence-corrected chi connectivity index (χ3v) is 6.44. The second kappa shape index (κ2) is 7.39. The van der Waals surface area contributed by atoms with Crippen LogP contribution in [-0.2, 0) is 4.74 Å². The van der Waals surface area contributed by atoms with Gasteiger partial charge in [0.2, 0.25) is 0 Å². The molecule has 2 heterocycles. The lowest BCUT2D eigenvalue weighted by Crippen LogP contribution is -2.57. The van der Waals surface area contributed by atoms with Crippen molar-refractivity contribution >= 4 is 5.96 Å². The van der Waals surface area contributed by atoms with Gasteiger partial charge in [0.25, 0.3) is 0 Å². The van der Waals surface area contributed by atoms with Gasteiger partial charge in [-0.25, -0.2) is 0 Å². The van der Waals surface area contributed by atoms with Crippen LogP contribution in [0, 0.1) is 11.8 Å². The number of ether oxygens (including phenoxy) is 1. The second-order valence-corrected chi connectivity index (χ2v) is 7.84. The number of fused-ring (bicyclic) bond motifs is 1. The smallest absolute Gasteiger partial charge is 0.193 e. The highest BCUT2D eigenvalue weighted by atomic mass is 16.5. The molecule has 0 aromatic heterocycles. The summed E-state index contributed by atoms with van der Waals surface area (Å²) in [6.07, 6.45) is 7.86. The van der Waals surface area contributed by atoms with E-state index in [0.717, 1.165) is 50.4 Å². The zero-order chi connectivity index (χ0) is 16.3. The van der Waals surface area contributed by atoms with Crippen molar-refractivity contribution < 1.29 is 4.74 Å². The summed E-state index contributed by atoms with van der Waals surface area (Å²) in [5.74, 6) is 2.90. The Bertz CT molecular complexity index is 403. The van der Waals surface area contributed by atoms with E-state index in [1.54, 1.807) is 0 Å². The molecule has 0 aromatic rings. The molecule has 5 heteroatoms. The van der Waals surface area contributed by atoms with Crippen LogP contribution in [-0.4, -0.2) is 75.3 Å². The molecule has 3 fully saturated rings. The number of likely N-dealkylation sites (tertiary alicyclic amines) is 1.